The molecule has 1 N–H and O–H groups in total. The van der Waals surface area contributed by atoms with Gasteiger partial charge >= 0.3 is 0 Å². The predicted octanol–water partition coefficient (Wildman–Crippen LogP) is 2.52. The summed E-state index contributed by atoms with van der Waals surface area (Å²) in [4.78, 5) is 4.41. The quantitative estimate of drug-likeness (QED) is 0.696. The fourth-order valence-corrected chi connectivity index (χ4v) is 1.66. The second-order valence-electron chi connectivity index (χ2n) is 3.60. The van der Waals surface area contributed by atoms with Crippen molar-refractivity contribution in [2.75, 3.05) is 6.54 Å². The van der Waals surface area contributed by atoms with Gasteiger partial charge in [-0.3, -0.25) is 0 Å². The van der Waals surface area contributed by atoms with Crippen LogP contribution in [0.4, 0.5) is 0 Å². The molecule has 84 valence electrons. The molecule has 0 saturated carbocycles. The van der Waals surface area contributed by atoms with Gasteiger partial charge in [0.2, 0.25) is 0 Å². The van der Waals surface area contributed by atoms with Crippen molar-refractivity contribution < 1.29 is 0 Å². The highest BCUT2D eigenvalue weighted by molar-refractivity contribution is 5.01. The van der Waals surface area contributed by atoms with Crippen LogP contribution in [-0.2, 0) is 6.54 Å². The molecule has 1 heterocycles. The van der Waals surface area contributed by atoms with Gasteiger partial charge < -0.3 is 9.88 Å². The molecule has 0 saturated heterocycles. The second-order valence-corrected chi connectivity index (χ2v) is 3.60. The van der Waals surface area contributed by atoms with Crippen LogP contribution in [0.1, 0.15) is 38.6 Å². The van der Waals surface area contributed by atoms with E-state index in [9.17, 15) is 0 Å². The van der Waals surface area contributed by atoms with Gasteiger partial charge in [0.1, 0.15) is 5.82 Å². The van der Waals surface area contributed by atoms with Crippen LogP contribution in [0.25, 0.3) is 0 Å². The third-order valence-electron chi connectivity index (χ3n) is 2.44. The highest BCUT2D eigenvalue weighted by Crippen LogP contribution is 2.15. The van der Waals surface area contributed by atoms with E-state index in [-0.39, 0.29) is 0 Å². The van der Waals surface area contributed by atoms with Gasteiger partial charge in [0.05, 0.1) is 6.04 Å². The summed E-state index contributed by atoms with van der Waals surface area (Å²) in [7, 11) is 0. The first kappa shape index (κ1) is 12.0. The standard InChI is InChI=1S/C12H21N3/c1-4-7-11(13-8-5-2)12-14-9-10-15(12)6-3/h4,9-11,13H,1,5-8H2,2-3H3. The molecule has 0 amide bonds. The van der Waals surface area contributed by atoms with E-state index in [0.29, 0.717) is 6.04 Å². The maximum absolute atomic E-state index is 4.41. The number of aromatic nitrogens is 2. The first-order valence-corrected chi connectivity index (χ1v) is 5.68. The smallest absolute Gasteiger partial charge is 0.126 e. The molecule has 1 rings (SSSR count). The van der Waals surface area contributed by atoms with Crippen LogP contribution in [-0.4, -0.2) is 16.1 Å². The molecule has 1 unspecified atom stereocenters. The average molecular weight is 207 g/mol. The topological polar surface area (TPSA) is 29.9 Å². The van der Waals surface area contributed by atoms with E-state index in [1.807, 2.05) is 18.5 Å². The molecule has 1 aromatic heterocycles. The van der Waals surface area contributed by atoms with Crippen LogP contribution in [0.15, 0.2) is 25.0 Å². The molecule has 0 aliphatic carbocycles. The Labute approximate surface area is 92.2 Å². The average Bonchev–Trinajstić information content (AvgIpc) is 2.72. The zero-order valence-electron chi connectivity index (χ0n) is 9.74. The molecule has 1 atom stereocenters. The predicted molar refractivity (Wildman–Crippen MR) is 63.7 cm³/mol. The third kappa shape index (κ3) is 3.20. The summed E-state index contributed by atoms with van der Waals surface area (Å²) < 4.78 is 2.18. The SMILES string of the molecule is C=CCC(NCCC)c1nccn1CC. The van der Waals surface area contributed by atoms with Crippen molar-refractivity contribution >= 4 is 0 Å². The summed E-state index contributed by atoms with van der Waals surface area (Å²) in [6, 6.07) is 0.303. The minimum absolute atomic E-state index is 0.303. The molecule has 0 bridgehead atoms. The van der Waals surface area contributed by atoms with Gasteiger partial charge in [0.15, 0.2) is 0 Å². The van der Waals surface area contributed by atoms with Crippen LogP contribution in [0.2, 0.25) is 0 Å². The van der Waals surface area contributed by atoms with Gasteiger partial charge in [-0.25, -0.2) is 4.98 Å². The zero-order valence-corrected chi connectivity index (χ0v) is 9.74. The van der Waals surface area contributed by atoms with Crippen molar-refractivity contribution in [3.05, 3.63) is 30.9 Å². The lowest BCUT2D eigenvalue weighted by atomic mass is 10.2. The Morgan fingerprint density at radius 3 is 3.00 bits per heavy atom. The molecule has 0 aromatic carbocycles. The summed E-state index contributed by atoms with van der Waals surface area (Å²) in [5.41, 5.74) is 0. The molecule has 0 spiro atoms. The lowest BCUT2D eigenvalue weighted by molar-refractivity contribution is 0.489. The Morgan fingerprint density at radius 1 is 1.60 bits per heavy atom. The van der Waals surface area contributed by atoms with E-state index in [1.54, 1.807) is 0 Å². The van der Waals surface area contributed by atoms with Gasteiger partial charge in [-0.1, -0.05) is 13.0 Å². The van der Waals surface area contributed by atoms with Crippen LogP contribution < -0.4 is 5.32 Å². The summed E-state index contributed by atoms with van der Waals surface area (Å²) in [5.74, 6) is 1.12. The maximum atomic E-state index is 4.41. The van der Waals surface area contributed by atoms with E-state index in [2.05, 4.69) is 35.3 Å². The van der Waals surface area contributed by atoms with Crippen LogP contribution in [0.3, 0.4) is 0 Å². The minimum Gasteiger partial charge on any atom is -0.334 e. The van der Waals surface area contributed by atoms with Crippen molar-refractivity contribution in [3.63, 3.8) is 0 Å². The number of rotatable bonds is 7. The highest BCUT2D eigenvalue weighted by Gasteiger charge is 2.13. The fraction of sp³-hybridized carbons (Fsp3) is 0.583. The number of imidazole rings is 1. The Balaban J connectivity index is 2.73. The van der Waals surface area contributed by atoms with Crippen LogP contribution >= 0.6 is 0 Å². The van der Waals surface area contributed by atoms with Crippen molar-refractivity contribution in [1.29, 1.82) is 0 Å². The van der Waals surface area contributed by atoms with Gasteiger partial charge in [0, 0.05) is 18.9 Å². The van der Waals surface area contributed by atoms with Crippen molar-refractivity contribution in [3.8, 4) is 0 Å². The van der Waals surface area contributed by atoms with Gasteiger partial charge in [-0.2, -0.15) is 0 Å². The molecule has 3 nitrogen and oxygen atoms in total. The maximum Gasteiger partial charge on any atom is 0.126 e. The van der Waals surface area contributed by atoms with E-state index in [4.69, 9.17) is 0 Å². The molecule has 3 heteroatoms. The Hall–Kier alpha value is -1.09. The molecule has 0 radical (unpaired) electrons. The number of hydrogen-bond acceptors (Lipinski definition) is 2. The summed E-state index contributed by atoms with van der Waals surface area (Å²) in [6.45, 7) is 10.1. The van der Waals surface area contributed by atoms with Gasteiger partial charge in [0.25, 0.3) is 0 Å². The molecule has 15 heavy (non-hydrogen) atoms. The van der Waals surface area contributed by atoms with Crippen LogP contribution in [0, 0.1) is 0 Å². The fourth-order valence-electron chi connectivity index (χ4n) is 1.66. The van der Waals surface area contributed by atoms with Crippen LogP contribution in [0.5, 0.6) is 0 Å². The Kier molecular flexibility index (Phi) is 5.12. The molecule has 0 fully saturated rings. The van der Waals surface area contributed by atoms with Crippen molar-refractivity contribution in [1.82, 2.24) is 14.9 Å². The van der Waals surface area contributed by atoms with E-state index < -0.39 is 0 Å². The third-order valence-corrected chi connectivity index (χ3v) is 2.44. The largest absolute Gasteiger partial charge is 0.334 e. The minimum atomic E-state index is 0.303. The Morgan fingerprint density at radius 2 is 2.40 bits per heavy atom. The second kappa shape index (κ2) is 6.40. The lowest BCUT2D eigenvalue weighted by Gasteiger charge is -2.17. The monoisotopic (exact) mass is 207 g/mol. The van der Waals surface area contributed by atoms with E-state index in [0.717, 1.165) is 31.8 Å². The number of nitrogens with one attached hydrogen (secondary N) is 1. The first-order chi connectivity index (χ1) is 7.33. The van der Waals surface area contributed by atoms with E-state index >= 15 is 0 Å². The van der Waals surface area contributed by atoms with Gasteiger partial charge in [-0.15, -0.1) is 6.58 Å². The highest BCUT2D eigenvalue weighted by atomic mass is 15.1. The zero-order chi connectivity index (χ0) is 11.1. The van der Waals surface area contributed by atoms with Crippen molar-refractivity contribution in [2.45, 2.75) is 39.3 Å². The number of nitrogens with zero attached hydrogens (tertiary/aromatic N) is 2. The number of hydrogen-bond donors (Lipinski definition) is 1. The summed E-state index contributed by atoms with van der Waals surface area (Å²) >= 11 is 0. The molecule has 0 aliphatic rings. The lowest BCUT2D eigenvalue weighted by Crippen LogP contribution is -2.24. The Bertz CT molecular complexity index is 291. The molecular weight excluding hydrogens is 186 g/mol. The first-order valence-electron chi connectivity index (χ1n) is 5.68. The van der Waals surface area contributed by atoms with Crippen molar-refractivity contribution in [2.24, 2.45) is 0 Å². The molecular formula is C12H21N3. The van der Waals surface area contributed by atoms with Gasteiger partial charge in [-0.05, 0) is 26.3 Å². The summed E-state index contributed by atoms with van der Waals surface area (Å²) in [5, 5.41) is 3.49. The molecule has 1 aromatic rings. The number of aryl methyl sites for hydroxylation is 1. The van der Waals surface area contributed by atoms with E-state index in [1.165, 1.54) is 0 Å². The summed E-state index contributed by atoms with van der Waals surface area (Å²) in [6.07, 6.45) is 7.90. The normalized spacial score (nSPS) is 12.7. The molecule has 0 aliphatic heterocycles.